The van der Waals surface area contributed by atoms with Gasteiger partial charge in [-0.15, -0.1) is 0 Å². The molecule has 0 spiro atoms. The van der Waals surface area contributed by atoms with Crippen molar-refractivity contribution in [3.05, 3.63) is 17.8 Å². The Morgan fingerprint density at radius 1 is 1.41 bits per heavy atom. The summed E-state index contributed by atoms with van der Waals surface area (Å²) in [6.45, 7) is 2.73. The molecular formula is C11H14F3N3. The standard InChI is InChI=1S/C11H14F3N3/c1-7-3-2-6-17(7)9-5-4-8(15)10(16-9)11(12,13)14/h4-5,7H,2-3,6,15H2,1H3. The highest BCUT2D eigenvalue weighted by atomic mass is 19.4. The molecular weight excluding hydrogens is 231 g/mol. The zero-order valence-electron chi connectivity index (χ0n) is 9.46. The molecule has 17 heavy (non-hydrogen) atoms. The van der Waals surface area contributed by atoms with Crippen LogP contribution in [0.15, 0.2) is 12.1 Å². The lowest BCUT2D eigenvalue weighted by molar-refractivity contribution is -0.140. The fourth-order valence-corrected chi connectivity index (χ4v) is 2.12. The van der Waals surface area contributed by atoms with Gasteiger partial charge in [-0.3, -0.25) is 0 Å². The Morgan fingerprint density at radius 2 is 2.12 bits per heavy atom. The highest BCUT2D eigenvalue weighted by Crippen LogP contribution is 2.34. The van der Waals surface area contributed by atoms with Crippen LogP contribution in [0.4, 0.5) is 24.7 Å². The van der Waals surface area contributed by atoms with Crippen molar-refractivity contribution in [1.82, 2.24) is 4.98 Å². The Balaban J connectivity index is 2.37. The summed E-state index contributed by atoms with van der Waals surface area (Å²) in [5, 5.41) is 0. The molecule has 94 valence electrons. The molecule has 0 saturated carbocycles. The van der Waals surface area contributed by atoms with Gasteiger partial charge in [0.15, 0.2) is 5.69 Å². The van der Waals surface area contributed by atoms with E-state index in [1.807, 2.05) is 11.8 Å². The van der Waals surface area contributed by atoms with Gasteiger partial charge in [0, 0.05) is 12.6 Å². The van der Waals surface area contributed by atoms with Gasteiger partial charge >= 0.3 is 6.18 Å². The largest absolute Gasteiger partial charge is 0.435 e. The van der Waals surface area contributed by atoms with E-state index in [-0.39, 0.29) is 11.7 Å². The lowest BCUT2D eigenvalue weighted by atomic mass is 10.2. The Labute approximate surface area is 97.4 Å². The van der Waals surface area contributed by atoms with Crippen LogP contribution in [0.25, 0.3) is 0 Å². The van der Waals surface area contributed by atoms with Gasteiger partial charge in [-0.25, -0.2) is 4.98 Å². The molecule has 1 saturated heterocycles. The first-order valence-corrected chi connectivity index (χ1v) is 5.50. The third-order valence-electron chi connectivity index (χ3n) is 3.03. The third-order valence-corrected chi connectivity index (χ3v) is 3.03. The number of nitrogen functional groups attached to an aromatic ring is 1. The van der Waals surface area contributed by atoms with Crippen molar-refractivity contribution in [1.29, 1.82) is 0 Å². The molecule has 0 aromatic carbocycles. The van der Waals surface area contributed by atoms with Crippen LogP contribution in [0.5, 0.6) is 0 Å². The molecule has 1 aromatic heterocycles. The molecule has 0 aliphatic carbocycles. The molecule has 0 bridgehead atoms. The number of nitrogens with zero attached hydrogens (tertiary/aromatic N) is 2. The van der Waals surface area contributed by atoms with E-state index in [2.05, 4.69) is 4.98 Å². The number of halogens is 3. The molecule has 2 rings (SSSR count). The molecule has 2 heterocycles. The Bertz CT molecular complexity index is 417. The van der Waals surface area contributed by atoms with Crippen LogP contribution < -0.4 is 10.6 Å². The van der Waals surface area contributed by atoms with Crippen LogP contribution >= 0.6 is 0 Å². The number of hydrogen-bond donors (Lipinski definition) is 1. The smallest absolute Gasteiger partial charge is 0.397 e. The van der Waals surface area contributed by atoms with E-state index >= 15 is 0 Å². The minimum absolute atomic E-state index is 0.229. The van der Waals surface area contributed by atoms with E-state index in [0.29, 0.717) is 5.82 Å². The molecule has 6 heteroatoms. The highest BCUT2D eigenvalue weighted by molar-refractivity contribution is 5.52. The van der Waals surface area contributed by atoms with Crippen molar-refractivity contribution in [2.45, 2.75) is 32.0 Å². The van der Waals surface area contributed by atoms with E-state index in [1.165, 1.54) is 6.07 Å². The van der Waals surface area contributed by atoms with Gasteiger partial charge in [0.2, 0.25) is 0 Å². The summed E-state index contributed by atoms with van der Waals surface area (Å²) in [5.41, 5.74) is 3.99. The van der Waals surface area contributed by atoms with Crippen molar-refractivity contribution in [3.63, 3.8) is 0 Å². The summed E-state index contributed by atoms with van der Waals surface area (Å²) >= 11 is 0. The van der Waals surface area contributed by atoms with Gasteiger partial charge in [0.05, 0.1) is 5.69 Å². The summed E-state index contributed by atoms with van der Waals surface area (Å²) in [5.74, 6) is 0.358. The molecule has 0 amide bonds. The van der Waals surface area contributed by atoms with Gasteiger partial charge in [-0.2, -0.15) is 13.2 Å². The third kappa shape index (κ3) is 2.30. The highest BCUT2D eigenvalue weighted by Gasteiger charge is 2.36. The number of aromatic nitrogens is 1. The number of pyridine rings is 1. The van der Waals surface area contributed by atoms with Gasteiger partial charge in [-0.1, -0.05) is 0 Å². The van der Waals surface area contributed by atoms with Crippen molar-refractivity contribution in [3.8, 4) is 0 Å². The Kier molecular flexibility index (Phi) is 2.89. The topological polar surface area (TPSA) is 42.1 Å². The van der Waals surface area contributed by atoms with Crippen LogP contribution in [0.2, 0.25) is 0 Å². The summed E-state index contributed by atoms with van der Waals surface area (Å²) in [6, 6.07) is 3.05. The summed E-state index contributed by atoms with van der Waals surface area (Å²) in [4.78, 5) is 5.54. The van der Waals surface area contributed by atoms with Gasteiger partial charge in [0.1, 0.15) is 5.82 Å². The van der Waals surface area contributed by atoms with Gasteiger partial charge < -0.3 is 10.6 Å². The Morgan fingerprint density at radius 3 is 2.65 bits per heavy atom. The fraction of sp³-hybridized carbons (Fsp3) is 0.545. The second kappa shape index (κ2) is 4.09. The molecule has 1 aliphatic heterocycles. The first-order valence-electron chi connectivity index (χ1n) is 5.50. The second-order valence-electron chi connectivity index (χ2n) is 4.29. The van der Waals surface area contributed by atoms with Crippen LogP contribution in [0, 0.1) is 0 Å². The first kappa shape index (κ1) is 12.0. The molecule has 3 nitrogen and oxygen atoms in total. The van der Waals surface area contributed by atoms with Crippen molar-refractivity contribution in [2.24, 2.45) is 0 Å². The van der Waals surface area contributed by atoms with Crippen LogP contribution in [0.3, 0.4) is 0 Å². The SMILES string of the molecule is CC1CCCN1c1ccc(N)c(C(F)(F)F)n1. The average molecular weight is 245 g/mol. The van der Waals surface area contributed by atoms with Crippen LogP contribution in [-0.4, -0.2) is 17.6 Å². The summed E-state index contributed by atoms with van der Waals surface area (Å²) in [7, 11) is 0. The Hall–Kier alpha value is -1.46. The number of alkyl halides is 3. The van der Waals surface area contributed by atoms with Gasteiger partial charge in [0.25, 0.3) is 0 Å². The fourth-order valence-electron chi connectivity index (χ4n) is 2.12. The number of anilines is 2. The maximum Gasteiger partial charge on any atom is 0.435 e. The molecule has 2 N–H and O–H groups in total. The molecule has 1 atom stereocenters. The first-order chi connectivity index (χ1) is 7.89. The van der Waals surface area contributed by atoms with E-state index < -0.39 is 11.9 Å². The monoisotopic (exact) mass is 245 g/mol. The number of nitrogens with two attached hydrogens (primary N) is 1. The van der Waals surface area contributed by atoms with Crippen molar-refractivity contribution >= 4 is 11.5 Å². The summed E-state index contributed by atoms with van der Waals surface area (Å²) < 4.78 is 38.0. The average Bonchev–Trinajstić information content (AvgIpc) is 2.63. The maximum absolute atomic E-state index is 12.7. The normalized spacial score (nSPS) is 20.9. The van der Waals surface area contributed by atoms with Crippen molar-refractivity contribution in [2.75, 3.05) is 17.2 Å². The zero-order chi connectivity index (χ0) is 12.6. The minimum Gasteiger partial charge on any atom is -0.397 e. The molecule has 1 fully saturated rings. The van der Waals surface area contributed by atoms with E-state index in [1.54, 1.807) is 6.07 Å². The molecule has 0 radical (unpaired) electrons. The second-order valence-corrected chi connectivity index (χ2v) is 4.29. The van der Waals surface area contributed by atoms with E-state index in [9.17, 15) is 13.2 Å². The molecule has 1 aromatic rings. The maximum atomic E-state index is 12.7. The number of hydrogen-bond acceptors (Lipinski definition) is 3. The van der Waals surface area contributed by atoms with Crippen molar-refractivity contribution < 1.29 is 13.2 Å². The lowest BCUT2D eigenvalue weighted by Crippen LogP contribution is -2.28. The quantitative estimate of drug-likeness (QED) is 0.827. The minimum atomic E-state index is -4.50. The molecule has 1 aliphatic rings. The summed E-state index contributed by atoms with van der Waals surface area (Å²) in [6.07, 6.45) is -2.54. The van der Waals surface area contributed by atoms with Crippen LogP contribution in [0.1, 0.15) is 25.5 Å². The van der Waals surface area contributed by atoms with Crippen LogP contribution in [-0.2, 0) is 6.18 Å². The number of rotatable bonds is 1. The predicted molar refractivity (Wildman–Crippen MR) is 59.7 cm³/mol. The van der Waals surface area contributed by atoms with E-state index in [0.717, 1.165) is 19.4 Å². The molecule has 1 unspecified atom stereocenters. The zero-order valence-corrected chi connectivity index (χ0v) is 9.46. The predicted octanol–water partition coefficient (Wildman–Crippen LogP) is 2.67. The lowest BCUT2D eigenvalue weighted by Gasteiger charge is -2.23. The van der Waals surface area contributed by atoms with Gasteiger partial charge in [-0.05, 0) is 31.9 Å². The van der Waals surface area contributed by atoms with E-state index in [4.69, 9.17) is 5.73 Å².